The normalized spacial score (nSPS) is 14.6. The van der Waals surface area contributed by atoms with Crippen LogP contribution in [0.3, 0.4) is 0 Å². The van der Waals surface area contributed by atoms with Crippen LogP contribution in [0.25, 0.3) is 10.8 Å². The van der Waals surface area contributed by atoms with Gasteiger partial charge in [-0.2, -0.15) is 10.2 Å². The maximum absolute atomic E-state index is 11.6. The molecule has 0 unspecified atom stereocenters. The monoisotopic (exact) mass is 472 g/mol. The first-order chi connectivity index (χ1) is 15.9. The highest BCUT2D eigenvalue weighted by atomic mass is 35.5. The highest BCUT2D eigenvalue weighted by Gasteiger charge is 2.25. The quantitative estimate of drug-likeness (QED) is 0.313. The van der Waals surface area contributed by atoms with Gasteiger partial charge in [0.25, 0.3) is 5.69 Å². The number of anilines is 2. The van der Waals surface area contributed by atoms with Crippen molar-refractivity contribution in [1.29, 1.82) is 0 Å². The number of rotatable bonds is 7. The third-order valence-electron chi connectivity index (χ3n) is 5.65. The SMILES string of the molecule is CCON1CCN(c2nnc(Cc3ccc(OC)c(Cl)c3)c3c(N)c([N+](=O)[O-])ccc23)CC1. The van der Waals surface area contributed by atoms with Gasteiger partial charge in [0, 0.05) is 49.4 Å². The number of ether oxygens (including phenoxy) is 1. The van der Waals surface area contributed by atoms with Crippen molar-refractivity contribution in [2.75, 3.05) is 50.5 Å². The molecule has 0 aliphatic carbocycles. The Hall–Kier alpha value is -3.21. The molecule has 2 N–H and O–H groups in total. The van der Waals surface area contributed by atoms with E-state index in [9.17, 15) is 10.1 Å². The summed E-state index contributed by atoms with van der Waals surface area (Å²) >= 11 is 6.28. The van der Waals surface area contributed by atoms with E-state index >= 15 is 0 Å². The van der Waals surface area contributed by atoms with Crippen molar-refractivity contribution in [2.45, 2.75) is 13.3 Å². The number of nitro groups is 1. The lowest BCUT2D eigenvalue weighted by Gasteiger charge is -2.34. The molecule has 33 heavy (non-hydrogen) atoms. The van der Waals surface area contributed by atoms with Gasteiger partial charge in [0.2, 0.25) is 0 Å². The first-order valence-electron chi connectivity index (χ1n) is 10.6. The van der Waals surface area contributed by atoms with Crippen LogP contribution in [0.5, 0.6) is 5.75 Å². The number of nitrogens with zero attached hydrogens (tertiary/aromatic N) is 5. The lowest BCUT2D eigenvalue weighted by Crippen LogP contribution is -2.46. The van der Waals surface area contributed by atoms with E-state index in [0.29, 0.717) is 66.9 Å². The van der Waals surface area contributed by atoms with Crippen LogP contribution in [-0.4, -0.2) is 60.1 Å². The molecule has 1 aliphatic rings. The van der Waals surface area contributed by atoms with Crippen molar-refractivity contribution in [1.82, 2.24) is 15.3 Å². The summed E-state index contributed by atoms with van der Waals surface area (Å²) in [4.78, 5) is 18.8. The van der Waals surface area contributed by atoms with Crippen molar-refractivity contribution < 1.29 is 14.5 Å². The minimum Gasteiger partial charge on any atom is -0.495 e. The maximum atomic E-state index is 11.6. The van der Waals surface area contributed by atoms with Gasteiger partial charge in [-0.15, -0.1) is 5.10 Å². The Balaban J connectivity index is 1.76. The summed E-state index contributed by atoms with van der Waals surface area (Å²) in [6, 6.07) is 8.54. The predicted octanol–water partition coefficient (Wildman–Crippen LogP) is 3.45. The number of aromatic nitrogens is 2. The van der Waals surface area contributed by atoms with E-state index in [1.54, 1.807) is 25.3 Å². The van der Waals surface area contributed by atoms with Crippen molar-refractivity contribution in [3.8, 4) is 5.75 Å². The average Bonchev–Trinajstić information content (AvgIpc) is 2.80. The molecule has 0 bridgehead atoms. The molecule has 4 rings (SSSR count). The van der Waals surface area contributed by atoms with Gasteiger partial charge in [0.05, 0.1) is 29.4 Å². The zero-order valence-corrected chi connectivity index (χ0v) is 19.2. The van der Waals surface area contributed by atoms with Crippen LogP contribution < -0.4 is 15.4 Å². The van der Waals surface area contributed by atoms with Crippen molar-refractivity contribution in [3.05, 3.63) is 56.7 Å². The Morgan fingerprint density at radius 2 is 1.94 bits per heavy atom. The summed E-state index contributed by atoms with van der Waals surface area (Å²) in [6.45, 7) is 5.38. The topological polar surface area (TPSA) is 120 Å². The van der Waals surface area contributed by atoms with Gasteiger partial charge in [-0.3, -0.25) is 15.0 Å². The number of benzene rings is 2. The van der Waals surface area contributed by atoms with E-state index in [1.165, 1.54) is 6.07 Å². The summed E-state index contributed by atoms with van der Waals surface area (Å²) < 4.78 is 5.21. The number of hydrogen-bond donors (Lipinski definition) is 1. The molecule has 2 aromatic carbocycles. The number of hydrogen-bond acceptors (Lipinski definition) is 9. The van der Waals surface area contributed by atoms with Gasteiger partial charge in [-0.05, 0) is 30.7 Å². The summed E-state index contributed by atoms with van der Waals surface area (Å²) in [5.74, 6) is 1.22. The Morgan fingerprint density at radius 1 is 1.18 bits per heavy atom. The minimum atomic E-state index is -0.482. The Morgan fingerprint density at radius 3 is 2.58 bits per heavy atom. The fourth-order valence-electron chi connectivity index (χ4n) is 4.06. The maximum Gasteiger partial charge on any atom is 0.292 e. The van der Waals surface area contributed by atoms with Crippen LogP contribution in [0.2, 0.25) is 5.02 Å². The standard InChI is InChI=1S/C22H25ClN6O4/c1-3-33-28-10-8-27(9-11-28)22-15-5-6-18(29(30)31)21(24)20(15)17(25-26-22)13-14-4-7-19(32-2)16(23)12-14/h4-7,12H,3,8-11,13,24H2,1-2H3. The van der Waals surface area contributed by atoms with Gasteiger partial charge >= 0.3 is 0 Å². The zero-order chi connectivity index (χ0) is 23.5. The molecule has 11 heteroatoms. The third kappa shape index (κ3) is 4.63. The number of nitrogen functional groups attached to an aromatic ring is 1. The van der Waals surface area contributed by atoms with E-state index in [4.69, 9.17) is 26.9 Å². The first kappa shape index (κ1) is 23.0. The van der Waals surface area contributed by atoms with Gasteiger partial charge in [0.15, 0.2) is 5.82 Å². The molecule has 1 fully saturated rings. The highest BCUT2D eigenvalue weighted by molar-refractivity contribution is 6.32. The van der Waals surface area contributed by atoms with Crippen molar-refractivity contribution in [2.24, 2.45) is 0 Å². The van der Waals surface area contributed by atoms with E-state index < -0.39 is 4.92 Å². The van der Waals surface area contributed by atoms with Gasteiger partial charge in [-0.1, -0.05) is 17.7 Å². The lowest BCUT2D eigenvalue weighted by molar-refractivity contribution is -0.383. The number of nitro benzene ring substituents is 1. The second-order valence-electron chi connectivity index (χ2n) is 7.63. The molecule has 3 aromatic rings. The molecule has 1 aliphatic heterocycles. The number of fused-ring (bicyclic) bond motifs is 1. The first-order valence-corrected chi connectivity index (χ1v) is 11.0. The Labute approximate surface area is 195 Å². The summed E-state index contributed by atoms with van der Waals surface area (Å²) in [6.07, 6.45) is 0.358. The Bertz CT molecular complexity index is 1180. The van der Waals surface area contributed by atoms with Gasteiger partial charge in [0.1, 0.15) is 11.4 Å². The third-order valence-corrected chi connectivity index (χ3v) is 5.95. The summed E-state index contributed by atoms with van der Waals surface area (Å²) in [5.41, 5.74) is 7.64. The molecule has 0 amide bonds. The fourth-order valence-corrected chi connectivity index (χ4v) is 4.34. The molecule has 0 spiro atoms. The molecule has 2 heterocycles. The molecular formula is C22H25ClN6O4. The number of hydroxylamine groups is 2. The van der Waals surface area contributed by atoms with Crippen LogP contribution in [0.4, 0.5) is 17.2 Å². The van der Waals surface area contributed by atoms with Crippen LogP contribution in [0.1, 0.15) is 18.2 Å². The molecule has 0 atom stereocenters. The van der Waals surface area contributed by atoms with Crippen LogP contribution in [0.15, 0.2) is 30.3 Å². The second kappa shape index (κ2) is 9.74. The molecular weight excluding hydrogens is 448 g/mol. The minimum absolute atomic E-state index is 0.0798. The molecule has 1 aromatic heterocycles. The van der Waals surface area contributed by atoms with E-state index in [-0.39, 0.29) is 11.4 Å². The lowest BCUT2D eigenvalue weighted by atomic mass is 10.0. The van der Waals surface area contributed by atoms with Crippen LogP contribution >= 0.6 is 11.6 Å². The number of piperazine rings is 1. The highest BCUT2D eigenvalue weighted by Crippen LogP contribution is 2.37. The summed E-state index contributed by atoms with van der Waals surface area (Å²) in [5, 5.41) is 24.2. The van der Waals surface area contributed by atoms with Crippen LogP contribution in [0, 0.1) is 10.1 Å². The van der Waals surface area contributed by atoms with Crippen molar-refractivity contribution in [3.63, 3.8) is 0 Å². The fraction of sp³-hybridized carbons (Fsp3) is 0.364. The van der Waals surface area contributed by atoms with Crippen LogP contribution in [-0.2, 0) is 11.3 Å². The average molecular weight is 473 g/mol. The zero-order valence-electron chi connectivity index (χ0n) is 18.5. The summed E-state index contributed by atoms with van der Waals surface area (Å²) in [7, 11) is 1.55. The molecule has 0 radical (unpaired) electrons. The largest absolute Gasteiger partial charge is 0.495 e. The predicted molar refractivity (Wildman–Crippen MR) is 127 cm³/mol. The smallest absolute Gasteiger partial charge is 0.292 e. The van der Waals surface area contributed by atoms with Gasteiger partial charge < -0.3 is 15.4 Å². The van der Waals surface area contributed by atoms with E-state index in [2.05, 4.69) is 15.1 Å². The van der Waals surface area contributed by atoms with E-state index in [0.717, 1.165) is 10.9 Å². The molecule has 1 saturated heterocycles. The number of nitrogens with two attached hydrogens (primary N) is 1. The molecule has 174 valence electrons. The van der Waals surface area contributed by atoms with Gasteiger partial charge in [-0.25, -0.2) is 0 Å². The van der Waals surface area contributed by atoms with Crippen molar-refractivity contribution >= 4 is 39.6 Å². The second-order valence-corrected chi connectivity index (χ2v) is 8.04. The number of halogens is 1. The van der Waals surface area contributed by atoms with E-state index in [1.807, 2.05) is 18.1 Å². The molecule has 10 nitrogen and oxygen atoms in total. The number of methoxy groups -OCH3 is 1. The Kier molecular flexibility index (Phi) is 6.77. The molecule has 0 saturated carbocycles.